The predicted molar refractivity (Wildman–Crippen MR) is 75.8 cm³/mol. The average molecular weight is 320 g/mol. The Balaban J connectivity index is 1.87. The van der Waals surface area contributed by atoms with Crippen LogP contribution in [0.15, 0.2) is 42.2 Å². The molecule has 2 aromatic rings. The van der Waals surface area contributed by atoms with E-state index in [4.69, 9.17) is 4.74 Å². The number of ketones is 1. The molecule has 0 fully saturated rings. The Morgan fingerprint density at radius 3 is 2.43 bits per heavy atom. The smallest absolute Gasteiger partial charge is 0.387 e. The first-order valence-corrected chi connectivity index (χ1v) is 6.50. The maximum Gasteiger partial charge on any atom is 0.387 e. The Hall–Kier alpha value is -3.09. The predicted octanol–water partition coefficient (Wildman–Crippen LogP) is 3.32. The molecule has 5 nitrogen and oxygen atoms in total. The topological polar surface area (TPSA) is 76.0 Å². The number of alkyl halides is 2. The number of hydrogen-bond acceptors (Lipinski definition) is 5. The highest BCUT2D eigenvalue weighted by atomic mass is 19.3. The number of halogens is 2. The number of phenolic OH excluding ortho intramolecular Hbond substituents is 2. The second-order valence-corrected chi connectivity index (χ2v) is 4.70. The number of ether oxygens (including phenoxy) is 2. The quantitative estimate of drug-likeness (QED) is 0.670. The standard InChI is InChI=1S/C16H10F2O5/c17-16(18)22-9-3-1-8(2-4-9)7-12-13(20)10-5-6-11(19)14(21)15(10)23-12/h1-7,16,19,21H. The maximum atomic E-state index is 12.2. The van der Waals surface area contributed by atoms with Gasteiger partial charge in [0.1, 0.15) is 5.75 Å². The maximum absolute atomic E-state index is 12.2. The van der Waals surface area contributed by atoms with Crippen LogP contribution in [0.2, 0.25) is 0 Å². The van der Waals surface area contributed by atoms with Gasteiger partial charge in [-0.05, 0) is 35.9 Å². The van der Waals surface area contributed by atoms with Crippen molar-refractivity contribution >= 4 is 11.9 Å². The van der Waals surface area contributed by atoms with E-state index in [2.05, 4.69) is 4.74 Å². The van der Waals surface area contributed by atoms with Crippen LogP contribution in [0.5, 0.6) is 23.0 Å². The summed E-state index contributed by atoms with van der Waals surface area (Å²) < 4.78 is 33.7. The van der Waals surface area contributed by atoms with Gasteiger partial charge in [-0.15, -0.1) is 0 Å². The molecule has 2 aromatic carbocycles. The zero-order valence-corrected chi connectivity index (χ0v) is 11.5. The normalized spacial score (nSPS) is 14.9. The van der Waals surface area contributed by atoms with Crippen molar-refractivity contribution in [3.63, 3.8) is 0 Å². The molecule has 0 aliphatic carbocycles. The fourth-order valence-electron chi connectivity index (χ4n) is 2.12. The van der Waals surface area contributed by atoms with Crippen molar-refractivity contribution < 1.29 is 33.3 Å². The van der Waals surface area contributed by atoms with Crippen molar-refractivity contribution in [2.45, 2.75) is 6.61 Å². The molecule has 0 spiro atoms. The van der Waals surface area contributed by atoms with Crippen molar-refractivity contribution in [3.8, 4) is 23.0 Å². The van der Waals surface area contributed by atoms with Gasteiger partial charge in [-0.2, -0.15) is 8.78 Å². The summed E-state index contributed by atoms with van der Waals surface area (Å²) in [4.78, 5) is 12.2. The van der Waals surface area contributed by atoms with E-state index >= 15 is 0 Å². The summed E-state index contributed by atoms with van der Waals surface area (Å²) in [5, 5.41) is 19.1. The fourth-order valence-corrected chi connectivity index (χ4v) is 2.12. The SMILES string of the molecule is O=C1C(=Cc2ccc(OC(F)F)cc2)Oc2c1ccc(O)c2O. The number of Topliss-reactive ketones (excluding diaryl/α,β-unsaturated/α-hetero) is 1. The van der Waals surface area contributed by atoms with Gasteiger partial charge in [-0.25, -0.2) is 0 Å². The van der Waals surface area contributed by atoms with E-state index in [0.29, 0.717) is 5.56 Å². The molecule has 3 rings (SSSR count). The number of hydrogen-bond donors (Lipinski definition) is 2. The lowest BCUT2D eigenvalue weighted by Gasteiger charge is -2.04. The molecule has 0 atom stereocenters. The number of benzene rings is 2. The summed E-state index contributed by atoms with van der Waals surface area (Å²) in [6, 6.07) is 8.13. The number of carbonyl (C=O) groups excluding carboxylic acids is 1. The third-order valence-corrected chi connectivity index (χ3v) is 3.19. The largest absolute Gasteiger partial charge is 0.504 e. The van der Waals surface area contributed by atoms with Gasteiger partial charge in [0.05, 0.1) is 5.56 Å². The first-order chi connectivity index (χ1) is 11.0. The van der Waals surface area contributed by atoms with Gasteiger partial charge in [0, 0.05) is 0 Å². The lowest BCUT2D eigenvalue weighted by molar-refractivity contribution is -0.0498. The van der Waals surface area contributed by atoms with E-state index in [0.717, 1.165) is 0 Å². The van der Waals surface area contributed by atoms with Crippen LogP contribution in [-0.4, -0.2) is 22.6 Å². The molecule has 2 N–H and O–H groups in total. The van der Waals surface area contributed by atoms with Crippen molar-refractivity contribution in [3.05, 3.63) is 53.3 Å². The Morgan fingerprint density at radius 1 is 1.09 bits per heavy atom. The highest BCUT2D eigenvalue weighted by molar-refractivity contribution is 6.15. The van der Waals surface area contributed by atoms with Gasteiger partial charge >= 0.3 is 6.61 Å². The molecule has 0 amide bonds. The van der Waals surface area contributed by atoms with Gasteiger partial charge in [0.15, 0.2) is 17.3 Å². The average Bonchev–Trinajstić information content (AvgIpc) is 2.82. The summed E-state index contributed by atoms with van der Waals surface area (Å²) in [7, 11) is 0. The van der Waals surface area contributed by atoms with Crippen LogP contribution >= 0.6 is 0 Å². The van der Waals surface area contributed by atoms with Crippen LogP contribution < -0.4 is 9.47 Å². The molecule has 1 aliphatic rings. The minimum atomic E-state index is -2.91. The summed E-state index contributed by atoms with van der Waals surface area (Å²) >= 11 is 0. The molecule has 0 bridgehead atoms. The third kappa shape index (κ3) is 2.80. The van der Waals surface area contributed by atoms with Crippen LogP contribution in [0, 0.1) is 0 Å². The molecule has 0 aromatic heterocycles. The molecule has 0 saturated carbocycles. The van der Waals surface area contributed by atoms with E-state index in [9.17, 15) is 23.8 Å². The van der Waals surface area contributed by atoms with E-state index in [-0.39, 0.29) is 22.8 Å². The number of rotatable bonds is 3. The van der Waals surface area contributed by atoms with Gasteiger partial charge in [-0.3, -0.25) is 4.79 Å². The van der Waals surface area contributed by atoms with Crippen LogP contribution in [-0.2, 0) is 0 Å². The molecule has 0 radical (unpaired) electrons. The third-order valence-electron chi connectivity index (χ3n) is 3.19. The lowest BCUT2D eigenvalue weighted by atomic mass is 10.1. The molecule has 7 heteroatoms. The zero-order valence-electron chi connectivity index (χ0n) is 11.5. The van der Waals surface area contributed by atoms with Crippen molar-refractivity contribution in [1.29, 1.82) is 0 Å². The molecular weight excluding hydrogens is 310 g/mol. The van der Waals surface area contributed by atoms with Gasteiger partial charge < -0.3 is 19.7 Å². The number of fused-ring (bicyclic) bond motifs is 1. The summed E-state index contributed by atoms with van der Waals surface area (Å²) in [6.45, 7) is -2.91. The van der Waals surface area contributed by atoms with E-state index < -0.39 is 23.9 Å². The van der Waals surface area contributed by atoms with E-state index in [1.807, 2.05) is 0 Å². The minimum absolute atomic E-state index is 0.00771. The minimum Gasteiger partial charge on any atom is -0.504 e. The highest BCUT2D eigenvalue weighted by Gasteiger charge is 2.31. The zero-order chi connectivity index (χ0) is 16.6. The molecule has 0 unspecified atom stereocenters. The van der Waals surface area contributed by atoms with E-state index in [1.54, 1.807) is 0 Å². The van der Waals surface area contributed by atoms with Crippen LogP contribution in [0.1, 0.15) is 15.9 Å². The Kier molecular flexibility index (Phi) is 3.61. The molecule has 0 saturated heterocycles. The molecule has 23 heavy (non-hydrogen) atoms. The molecule has 1 heterocycles. The summed E-state index contributed by atoms with van der Waals surface area (Å²) in [5.41, 5.74) is 0.649. The van der Waals surface area contributed by atoms with Crippen LogP contribution in [0.4, 0.5) is 8.78 Å². The Morgan fingerprint density at radius 2 is 1.78 bits per heavy atom. The first kappa shape index (κ1) is 14.8. The number of allylic oxidation sites excluding steroid dienone is 1. The number of carbonyl (C=O) groups is 1. The second kappa shape index (κ2) is 5.60. The Labute approximate surface area is 129 Å². The van der Waals surface area contributed by atoms with Gasteiger partial charge in [0.2, 0.25) is 11.5 Å². The molecule has 1 aliphatic heterocycles. The van der Waals surface area contributed by atoms with Crippen LogP contribution in [0.3, 0.4) is 0 Å². The Bertz CT molecular complexity index is 797. The van der Waals surface area contributed by atoms with Gasteiger partial charge in [0.25, 0.3) is 0 Å². The molecule has 118 valence electrons. The number of aromatic hydroxyl groups is 2. The van der Waals surface area contributed by atoms with Crippen LogP contribution in [0.25, 0.3) is 6.08 Å². The summed E-state index contributed by atoms with van der Waals surface area (Å²) in [6.07, 6.45) is 1.39. The van der Waals surface area contributed by atoms with Crippen molar-refractivity contribution in [2.24, 2.45) is 0 Å². The van der Waals surface area contributed by atoms with E-state index in [1.165, 1.54) is 42.5 Å². The monoisotopic (exact) mass is 320 g/mol. The summed E-state index contributed by atoms with van der Waals surface area (Å²) in [5.74, 6) is -1.54. The second-order valence-electron chi connectivity index (χ2n) is 4.70. The lowest BCUT2D eigenvalue weighted by Crippen LogP contribution is -2.01. The van der Waals surface area contributed by atoms with Gasteiger partial charge in [-0.1, -0.05) is 12.1 Å². The molecular formula is C16H10F2O5. The van der Waals surface area contributed by atoms with Crippen molar-refractivity contribution in [2.75, 3.05) is 0 Å². The fraction of sp³-hybridized carbons (Fsp3) is 0.0625. The van der Waals surface area contributed by atoms with Crippen molar-refractivity contribution in [1.82, 2.24) is 0 Å². The number of phenols is 2. The first-order valence-electron chi connectivity index (χ1n) is 6.50. The highest BCUT2D eigenvalue weighted by Crippen LogP contribution is 2.44.